The van der Waals surface area contributed by atoms with E-state index in [4.69, 9.17) is 9.47 Å². The summed E-state index contributed by atoms with van der Waals surface area (Å²) >= 11 is 0. The van der Waals surface area contributed by atoms with Gasteiger partial charge in [-0.05, 0) is 31.6 Å². The lowest BCUT2D eigenvalue weighted by atomic mass is 9.84. The van der Waals surface area contributed by atoms with Crippen LogP contribution in [0.25, 0.3) is 0 Å². The van der Waals surface area contributed by atoms with Crippen molar-refractivity contribution >= 4 is 0 Å². The Morgan fingerprint density at radius 2 is 2.28 bits per heavy atom. The second kappa shape index (κ2) is 5.34. The molecule has 1 saturated carbocycles. The fourth-order valence-electron chi connectivity index (χ4n) is 3.69. The maximum absolute atomic E-state index is 6.48. The van der Waals surface area contributed by atoms with E-state index < -0.39 is 0 Å². The van der Waals surface area contributed by atoms with Crippen molar-refractivity contribution in [2.24, 2.45) is 11.8 Å². The minimum absolute atomic E-state index is 0.125. The van der Waals surface area contributed by atoms with Gasteiger partial charge in [-0.1, -0.05) is 32.8 Å². The van der Waals surface area contributed by atoms with Crippen LogP contribution in [0.15, 0.2) is 12.7 Å². The van der Waals surface area contributed by atoms with Crippen LogP contribution in [-0.4, -0.2) is 18.0 Å². The smallest absolute Gasteiger partial charge is 0.169 e. The largest absolute Gasteiger partial charge is 0.347 e. The standard InChI is InChI=1S/C16H28O2/c1-5-8-14(6-2)15(4)12-17-16(18-15)10-7-9-13(3)11-16/h5,13-14H,1,6-12H2,2-4H3/t13?,14?,15-,16+/m1/s1. The molecule has 2 unspecified atom stereocenters. The molecule has 2 fully saturated rings. The molecule has 2 rings (SSSR count). The Labute approximate surface area is 112 Å². The molecule has 1 saturated heterocycles. The fourth-order valence-corrected chi connectivity index (χ4v) is 3.69. The molecule has 104 valence electrons. The van der Waals surface area contributed by atoms with E-state index >= 15 is 0 Å². The lowest BCUT2D eigenvalue weighted by Gasteiger charge is -2.38. The van der Waals surface area contributed by atoms with Gasteiger partial charge in [-0.2, -0.15) is 0 Å². The van der Waals surface area contributed by atoms with Crippen molar-refractivity contribution < 1.29 is 9.47 Å². The molecule has 0 amide bonds. The third kappa shape index (κ3) is 2.65. The Morgan fingerprint density at radius 1 is 1.50 bits per heavy atom. The topological polar surface area (TPSA) is 18.5 Å². The molecule has 4 atom stereocenters. The molecule has 0 aromatic rings. The van der Waals surface area contributed by atoms with Gasteiger partial charge in [0.15, 0.2) is 5.79 Å². The summed E-state index contributed by atoms with van der Waals surface area (Å²) in [6, 6.07) is 0. The van der Waals surface area contributed by atoms with E-state index in [2.05, 4.69) is 27.4 Å². The average molecular weight is 252 g/mol. The quantitative estimate of drug-likeness (QED) is 0.694. The van der Waals surface area contributed by atoms with E-state index in [-0.39, 0.29) is 11.4 Å². The van der Waals surface area contributed by atoms with Crippen molar-refractivity contribution in [1.29, 1.82) is 0 Å². The molecular formula is C16H28O2. The van der Waals surface area contributed by atoms with Crippen molar-refractivity contribution in [3.05, 3.63) is 12.7 Å². The lowest BCUT2D eigenvalue weighted by Crippen LogP contribution is -2.42. The number of hydrogen-bond acceptors (Lipinski definition) is 2. The minimum Gasteiger partial charge on any atom is -0.347 e. The normalized spacial score (nSPS) is 42.1. The zero-order chi connectivity index (χ0) is 13.2. The highest BCUT2D eigenvalue weighted by Crippen LogP contribution is 2.47. The minimum atomic E-state index is -0.277. The van der Waals surface area contributed by atoms with E-state index in [1.807, 2.05) is 6.08 Å². The van der Waals surface area contributed by atoms with Gasteiger partial charge in [0.25, 0.3) is 0 Å². The van der Waals surface area contributed by atoms with E-state index in [0.29, 0.717) is 5.92 Å². The summed E-state index contributed by atoms with van der Waals surface area (Å²) in [5.41, 5.74) is -0.125. The maximum Gasteiger partial charge on any atom is 0.169 e. The van der Waals surface area contributed by atoms with Gasteiger partial charge in [-0.3, -0.25) is 0 Å². The van der Waals surface area contributed by atoms with Crippen LogP contribution in [0.5, 0.6) is 0 Å². The predicted octanol–water partition coefficient (Wildman–Crippen LogP) is 4.30. The first-order valence-corrected chi connectivity index (χ1v) is 7.48. The number of ether oxygens (including phenoxy) is 2. The highest BCUT2D eigenvalue weighted by molar-refractivity contribution is 4.96. The molecule has 1 aliphatic heterocycles. The summed E-state index contributed by atoms with van der Waals surface area (Å²) in [6.07, 6.45) is 8.83. The summed E-state index contributed by atoms with van der Waals surface area (Å²) in [4.78, 5) is 0. The number of rotatable bonds is 4. The van der Waals surface area contributed by atoms with Crippen LogP contribution in [0.1, 0.15) is 59.3 Å². The molecule has 2 aliphatic rings. The van der Waals surface area contributed by atoms with Crippen molar-refractivity contribution in [2.75, 3.05) is 6.61 Å². The molecular weight excluding hydrogens is 224 g/mol. The SMILES string of the molecule is C=CCC(CC)[C@@]1(C)CO[C@@]2(CCCC(C)C2)O1. The van der Waals surface area contributed by atoms with Crippen molar-refractivity contribution in [1.82, 2.24) is 0 Å². The first-order valence-electron chi connectivity index (χ1n) is 7.48. The maximum atomic E-state index is 6.48. The Balaban J connectivity index is 2.07. The van der Waals surface area contributed by atoms with Gasteiger partial charge in [0, 0.05) is 12.8 Å². The third-order valence-electron chi connectivity index (χ3n) is 4.76. The first kappa shape index (κ1) is 14.1. The third-order valence-corrected chi connectivity index (χ3v) is 4.76. The molecule has 1 heterocycles. The molecule has 2 heteroatoms. The van der Waals surface area contributed by atoms with Crippen LogP contribution < -0.4 is 0 Å². The summed E-state index contributed by atoms with van der Waals surface area (Å²) < 4.78 is 12.6. The molecule has 0 N–H and O–H groups in total. The monoisotopic (exact) mass is 252 g/mol. The zero-order valence-electron chi connectivity index (χ0n) is 12.2. The zero-order valence-corrected chi connectivity index (χ0v) is 12.2. The average Bonchev–Trinajstić information content (AvgIpc) is 2.64. The Kier molecular flexibility index (Phi) is 4.18. The second-order valence-electron chi connectivity index (χ2n) is 6.45. The summed E-state index contributed by atoms with van der Waals surface area (Å²) in [6.45, 7) is 11.4. The highest BCUT2D eigenvalue weighted by Gasteiger charge is 2.51. The Hall–Kier alpha value is -0.340. The molecule has 0 bridgehead atoms. The van der Waals surface area contributed by atoms with Crippen LogP contribution in [0, 0.1) is 11.8 Å². The summed E-state index contributed by atoms with van der Waals surface area (Å²) in [7, 11) is 0. The number of allylic oxidation sites excluding steroid dienone is 1. The van der Waals surface area contributed by atoms with Crippen LogP contribution in [0.2, 0.25) is 0 Å². The molecule has 1 aliphatic carbocycles. The van der Waals surface area contributed by atoms with Gasteiger partial charge in [0.1, 0.15) is 0 Å². The molecule has 0 radical (unpaired) electrons. The molecule has 0 aromatic carbocycles. The van der Waals surface area contributed by atoms with Gasteiger partial charge in [0.2, 0.25) is 0 Å². The van der Waals surface area contributed by atoms with Crippen LogP contribution in [-0.2, 0) is 9.47 Å². The van der Waals surface area contributed by atoms with E-state index in [9.17, 15) is 0 Å². The van der Waals surface area contributed by atoms with Gasteiger partial charge in [0.05, 0.1) is 12.2 Å². The van der Waals surface area contributed by atoms with Crippen LogP contribution >= 0.6 is 0 Å². The van der Waals surface area contributed by atoms with Crippen molar-refractivity contribution in [2.45, 2.75) is 70.7 Å². The van der Waals surface area contributed by atoms with Crippen LogP contribution in [0.3, 0.4) is 0 Å². The van der Waals surface area contributed by atoms with Crippen molar-refractivity contribution in [3.8, 4) is 0 Å². The predicted molar refractivity (Wildman–Crippen MR) is 74.4 cm³/mol. The summed E-state index contributed by atoms with van der Waals surface area (Å²) in [5.74, 6) is 0.966. The highest BCUT2D eigenvalue weighted by atomic mass is 16.8. The lowest BCUT2D eigenvalue weighted by molar-refractivity contribution is -0.217. The Morgan fingerprint density at radius 3 is 2.89 bits per heavy atom. The van der Waals surface area contributed by atoms with Gasteiger partial charge in [-0.25, -0.2) is 0 Å². The number of hydrogen-bond donors (Lipinski definition) is 0. The molecule has 0 aromatic heterocycles. The van der Waals surface area contributed by atoms with Gasteiger partial charge < -0.3 is 9.47 Å². The van der Waals surface area contributed by atoms with E-state index in [1.165, 1.54) is 12.8 Å². The van der Waals surface area contributed by atoms with Crippen molar-refractivity contribution in [3.63, 3.8) is 0 Å². The first-order chi connectivity index (χ1) is 8.53. The Bertz CT molecular complexity index is 301. The van der Waals surface area contributed by atoms with Gasteiger partial charge in [-0.15, -0.1) is 6.58 Å². The molecule has 2 nitrogen and oxygen atoms in total. The second-order valence-corrected chi connectivity index (χ2v) is 6.45. The molecule has 18 heavy (non-hydrogen) atoms. The van der Waals surface area contributed by atoms with E-state index in [1.54, 1.807) is 0 Å². The van der Waals surface area contributed by atoms with E-state index in [0.717, 1.165) is 38.2 Å². The summed E-state index contributed by atoms with van der Waals surface area (Å²) in [5, 5.41) is 0. The molecule has 1 spiro atoms. The van der Waals surface area contributed by atoms with Crippen LogP contribution in [0.4, 0.5) is 0 Å². The fraction of sp³-hybridized carbons (Fsp3) is 0.875. The van der Waals surface area contributed by atoms with Gasteiger partial charge >= 0.3 is 0 Å².